The van der Waals surface area contributed by atoms with E-state index in [1.165, 1.54) is 25.0 Å². The van der Waals surface area contributed by atoms with Gasteiger partial charge in [0.25, 0.3) is 0 Å². The van der Waals surface area contributed by atoms with Crippen LogP contribution in [0.2, 0.25) is 0 Å². The number of hydrogen-bond acceptors (Lipinski definition) is 8. The standard InChI is InChI=1S/C27H32N10O6/c28-18(6-15-10-30-12-33-15)24(39)35-20(5-14-9-32-19-4-2-1-3-17(14)19)25(40)36-21(8-23(29)38)26(41)37-22(27(42)43)7-16-11-31-13-34-16/h1-4,9-13,18,20-22,32H,5-8,28H2,(H2,29,38)(H,30,33)(H,31,34)(H,35,39)(H,36,40)(H,37,41)(H,42,43). The third kappa shape index (κ3) is 8.26. The number of carbonyl (C=O) groups excluding carboxylic acids is 4. The monoisotopic (exact) mass is 592 g/mol. The Balaban J connectivity index is 1.53. The minimum absolute atomic E-state index is 0.000843. The van der Waals surface area contributed by atoms with Crippen LogP contribution in [-0.2, 0) is 43.2 Å². The molecule has 4 aromatic rings. The van der Waals surface area contributed by atoms with E-state index in [9.17, 15) is 29.1 Å². The molecule has 0 spiro atoms. The molecule has 1 aromatic carbocycles. The van der Waals surface area contributed by atoms with Crippen LogP contribution in [0.1, 0.15) is 23.4 Å². The number of amides is 4. The van der Waals surface area contributed by atoms with E-state index in [0.717, 1.165) is 10.9 Å². The van der Waals surface area contributed by atoms with Crippen LogP contribution in [0.15, 0.2) is 55.5 Å². The molecule has 226 valence electrons. The smallest absolute Gasteiger partial charge is 0.326 e. The Morgan fingerprint density at radius 2 is 1.40 bits per heavy atom. The molecule has 0 radical (unpaired) electrons. The Bertz CT molecular complexity index is 1570. The van der Waals surface area contributed by atoms with Gasteiger partial charge >= 0.3 is 5.97 Å². The number of aromatic nitrogens is 5. The minimum Gasteiger partial charge on any atom is -0.480 e. The maximum Gasteiger partial charge on any atom is 0.326 e. The van der Waals surface area contributed by atoms with Gasteiger partial charge in [0.15, 0.2) is 0 Å². The number of para-hydroxylation sites is 1. The summed E-state index contributed by atoms with van der Waals surface area (Å²) in [6.07, 6.45) is 6.78. The van der Waals surface area contributed by atoms with Crippen LogP contribution in [0.4, 0.5) is 0 Å². The Morgan fingerprint density at radius 3 is 2.02 bits per heavy atom. The van der Waals surface area contributed by atoms with E-state index in [1.54, 1.807) is 6.20 Å². The van der Waals surface area contributed by atoms with Gasteiger partial charge in [0.05, 0.1) is 25.1 Å². The van der Waals surface area contributed by atoms with Crippen LogP contribution in [0.3, 0.4) is 0 Å². The molecule has 3 aromatic heterocycles. The molecule has 4 atom stereocenters. The van der Waals surface area contributed by atoms with E-state index >= 15 is 0 Å². The molecule has 0 aliphatic heterocycles. The normalized spacial score (nSPS) is 13.9. The molecule has 0 aliphatic carbocycles. The van der Waals surface area contributed by atoms with Crippen molar-refractivity contribution in [1.82, 2.24) is 40.9 Å². The van der Waals surface area contributed by atoms with Gasteiger partial charge in [0.2, 0.25) is 23.6 Å². The van der Waals surface area contributed by atoms with Crippen molar-refractivity contribution in [1.29, 1.82) is 0 Å². The lowest BCUT2D eigenvalue weighted by atomic mass is 10.0. The van der Waals surface area contributed by atoms with Crippen molar-refractivity contribution in [2.45, 2.75) is 49.9 Å². The Kier molecular flexibility index (Phi) is 9.85. The number of carboxylic acid groups (broad SMARTS) is 1. The van der Waals surface area contributed by atoms with Gasteiger partial charge in [-0.3, -0.25) is 19.2 Å². The number of H-pyrrole nitrogens is 3. The van der Waals surface area contributed by atoms with Crippen LogP contribution in [0.5, 0.6) is 0 Å². The number of imidazole rings is 2. The molecule has 11 N–H and O–H groups in total. The van der Waals surface area contributed by atoms with Crippen LogP contribution in [0.25, 0.3) is 10.9 Å². The molecule has 4 amide bonds. The van der Waals surface area contributed by atoms with E-state index in [1.807, 2.05) is 24.3 Å². The summed E-state index contributed by atoms with van der Waals surface area (Å²) >= 11 is 0. The van der Waals surface area contributed by atoms with Gasteiger partial charge in [0.1, 0.15) is 18.1 Å². The summed E-state index contributed by atoms with van der Waals surface area (Å²) in [5.41, 5.74) is 14.0. The second kappa shape index (κ2) is 13.9. The molecular formula is C27H32N10O6. The molecule has 0 fully saturated rings. The number of carbonyl (C=O) groups is 5. The molecule has 0 saturated heterocycles. The molecule has 0 saturated carbocycles. The summed E-state index contributed by atoms with van der Waals surface area (Å²) in [6, 6.07) is 2.15. The van der Waals surface area contributed by atoms with Gasteiger partial charge < -0.3 is 47.5 Å². The Labute approximate surface area is 244 Å². The fraction of sp³-hybridized carbons (Fsp3) is 0.296. The highest BCUT2D eigenvalue weighted by atomic mass is 16.4. The summed E-state index contributed by atoms with van der Waals surface area (Å²) in [7, 11) is 0. The van der Waals surface area contributed by atoms with Gasteiger partial charge in [-0.15, -0.1) is 0 Å². The number of fused-ring (bicyclic) bond motifs is 1. The molecular weight excluding hydrogens is 560 g/mol. The van der Waals surface area contributed by atoms with Crippen molar-refractivity contribution in [2.75, 3.05) is 0 Å². The number of hydrogen-bond donors (Lipinski definition) is 9. The number of carboxylic acids is 1. The van der Waals surface area contributed by atoms with Crippen LogP contribution in [-0.4, -0.2) is 83.8 Å². The highest BCUT2D eigenvalue weighted by molar-refractivity contribution is 5.96. The lowest BCUT2D eigenvalue weighted by Crippen LogP contribution is -2.58. The second-order valence-electron chi connectivity index (χ2n) is 9.92. The van der Waals surface area contributed by atoms with Crippen LogP contribution < -0.4 is 27.4 Å². The second-order valence-corrected chi connectivity index (χ2v) is 9.92. The summed E-state index contributed by atoms with van der Waals surface area (Å²) in [4.78, 5) is 79.9. The largest absolute Gasteiger partial charge is 0.480 e. The van der Waals surface area contributed by atoms with E-state index in [0.29, 0.717) is 17.0 Å². The van der Waals surface area contributed by atoms with Gasteiger partial charge in [-0.2, -0.15) is 0 Å². The highest BCUT2D eigenvalue weighted by Gasteiger charge is 2.32. The predicted octanol–water partition coefficient (Wildman–Crippen LogP) is -1.62. The zero-order valence-electron chi connectivity index (χ0n) is 22.9. The van der Waals surface area contributed by atoms with Crippen LogP contribution >= 0.6 is 0 Å². The van der Waals surface area contributed by atoms with Gasteiger partial charge in [-0.1, -0.05) is 18.2 Å². The van der Waals surface area contributed by atoms with Crippen molar-refractivity contribution in [3.8, 4) is 0 Å². The molecule has 4 rings (SSSR count). The van der Waals surface area contributed by atoms with Crippen LogP contribution in [0, 0.1) is 0 Å². The SMILES string of the molecule is NC(=O)CC(NC(=O)C(Cc1c[nH]c2ccccc12)NC(=O)C(N)Cc1cnc[nH]1)C(=O)NC(Cc1cnc[nH]1)C(=O)O. The van der Waals surface area contributed by atoms with Crippen molar-refractivity contribution in [2.24, 2.45) is 11.5 Å². The molecule has 0 aliphatic rings. The first-order valence-corrected chi connectivity index (χ1v) is 13.3. The highest BCUT2D eigenvalue weighted by Crippen LogP contribution is 2.19. The Hall–Kier alpha value is -5.51. The van der Waals surface area contributed by atoms with Gasteiger partial charge in [-0.25, -0.2) is 14.8 Å². The van der Waals surface area contributed by atoms with Crippen molar-refractivity contribution in [3.63, 3.8) is 0 Å². The number of aromatic amines is 3. The summed E-state index contributed by atoms with van der Waals surface area (Å²) in [5.74, 6) is -4.67. The van der Waals surface area contributed by atoms with Gasteiger partial charge in [0, 0.05) is 60.1 Å². The zero-order valence-corrected chi connectivity index (χ0v) is 22.9. The number of nitrogens with one attached hydrogen (secondary N) is 6. The number of nitrogens with two attached hydrogens (primary N) is 2. The minimum atomic E-state index is -1.53. The lowest BCUT2D eigenvalue weighted by molar-refractivity contribution is -0.142. The zero-order chi connectivity index (χ0) is 30.9. The summed E-state index contributed by atoms with van der Waals surface area (Å²) in [6.45, 7) is 0. The number of benzene rings is 1. The first-order chi connectivity index (χ1) is 20.6. The first kappa shape index (κ1) is 30.4. The third-order valence-electron chi connectivity index (χ3n) is 6.70. The maximum atomic E-state index is 13.6. The quantitative estimate of drug-likeness (QED) is 0.0767. The fourth-order valence-corrected chi connectivity index (χ4v) is 4.51. The van der Waals surface area contributed by atoms with E-state index in [-0.39, 0.29) is 19.3 Å². The van der Waals surface area contributed by atoms with Crippen molar-refractivity contribution < 1.29 is 29.1 Å². The third-order valence-corrected chi connectivity index (χ3v) is 6.70. The van der Waals surface area contributed by atoms with Crippen molar-refractivity contribution >= 4 is 40.5 Å². The Morgan fingerprint density at radius 1 is 0.791 bits per heavy atom. The van der Waals surface area contributed by atoms with E-state index < -0.39 is 60.2 Å². The average Bonchev–Trinajstić information content (AvgIpc) is 3.75. The summed E-state index contributed by atoms with van der Waals surface area (Å²) < 4.78 is 0. The molecule has 16 heteroatoms. The molecule has 16 nitrogen and oxygen atoms in total. The maximum absolute atomic E-state index is 13.6. The van der Waals surface area contributed by atoms with E-state index in [4.69, 9.17) is 11.5 Å². The van der Waals surface area contributed by atoms with E-state index in [2.05, 4.69) is 40.9 Å². The topological polar surface area (TPSA) is 267 Å². The number of primary amides is 1. The van der Waals surface area contributed by atoms with Crippen molar-refractivity contribution in [3.05, 3.63) is 72.5 Å². The predicted molar refractivity (Wildman–Crippen MR) is 152 cm³/mol. The molecule has 0 bridgehead atoms. The molecule has 3 heterocycles. The lowest BCUT2D eigenvalue weighted by Gasteiger charge is -2.24. The number of rotatable bonds is 15. The fourth-order valence-electron chi connectivity index (χ4n) is 4.51. The molecule has 4 unspecified atom stereocenters. The number of aliphatic carboxylic acids is 1. The van der Waals surface area contributed by atoms with Gasteiger partial charge in [-0.05, 0) is 11.6 Å². The first-order valence-electron chi connectivity index (χ1n) is 13.3. The summed E-state index contributed by atoms with van der Waals surface area (Å²) in [5, 5.41) is 17.9. The molecule has 43 heavy (non-hydrogen) atoms. The number of nitrogens with zero attached hydrogens (tertiary/aromatic N) is 2. The average molecular weight is 593 g/mol.